The number of hydrogen-bond donors (Lipinski definition) is 3. The summed E-state index contributed by atoms with van der Waals surface area (Å²) in [5.74, 6) is 1.35. The van der Waals surface area contributed by atoms with E-state index in [9.17, 15) is 10.2 Å². The Hall–Kier alpha value is -2.00. The molecule has 1 aliphatic rings. The van der Waals surface area contributed by atoms with Crippen LogP contribution in [0.25, 0.3) is 22.6 Å². The fraction of sp³-hybridized carbons (Fsp3) is 0.400. The van der Waals surface area contributed by atoms with Gasteiger partial charge in [-0.15, -0.1) is 0 Å². The molecule has 3 aromatic rings. The molecule has 1 unspecified atom stereocenters. The van der Waals surface area contributed by atoms with Crippen molar-refractivity contribution in [2.45, 2.75) is 31.7 Å². The maximum atomic E-state index is 10.2. The van der Waals surface area contributed by atoms with Gasteiger partial charge in [-0.1, -0.05) is 0 Å². The summed E-state index contributed by atoms with van der Waals surface area (Å²) >= 11 is 3.41. The molecule has 3 N–H and O–H groups in total. The first kappa shape index (κ1) is 19.3. The first-order valence-corrected chi connectivity index (χ1v) is 10.2. The van der Waals surface area contributed by atoms with Crippen LogP contribution in [0.4, 0.5) is 0 Å². The van der Waals surface area contributed by atoms with Crippen LogP contribution in [0.5, 0.6) is 5.75 Å². The van der Waals surface area contributed by atoms with Gasteiger partial charge in [0, 0.05) is 42.3 Å². The number of nitrogens with zero attached hydrogens (tertiary/aromatic N) is 3. The number of likely N-dealkylation sites (tertiary alicyclic amines) is 1. The molecule has 0 amide bonds. The molecule has 148 valence electrons. The van der Waals surface area contributed by atoms with Gasteiger partial charge in [0.15, 0.2) is 11.9 Å². The molecule has 0 bridgehead atoms. The Morgan fingerprint density at radius 2 is 2.00 bits per heavy atom. The van der Waals surface area contributed by atoms with Gasteiger partial charge in [0.25, 0.3) is 0 Å². The van der Waals surface area contributed by atoms with Crippen molar-refractivity contribution in [3.63, 3.8) is 0 Å². The largest absolute Gasteiger partial charge is 0.465 e. The Morgan fingerprint density at radius 3 is 2.75 bits per heavy atom. The van der Waals surface area contributed by atoms with Crippen LogP contribution in [0.15, 0.2) is 41.0 Å². The van der Waals surface area contributed by atoms with E-state index in [1.54, 1.807) is 6.20 Å². The number of imidazole rings is 1. The normalized spacial score (nSPS) is 17.1. The smallest absolute Gasteiger partial charge is 0.198 e. The highest BCUT2D eigenvalue weighted by Crippen LogP contribution is 2.24. The topological polar surface area (TPSA) is 94.5 Å². The minimum Gasteiger partial charge on any atom is -0.465 e. The second kappa shape index (κ2) is 8.57. The molecule has 1 aliphatic heterocycles. The Kier molecular flexibility index (Phi) is 5.91. The summed E-state index contributed by atoms with van der Waals surface area (Å²) in [5.41, 5.74) is 2.45. The van der Waals surface area contributed by atoms with Gasteiger partial charge in [0.1, 0.15) is 11.6 Å². The number of benzene rings is 1. The minimum atomic E-state index is -0.856. The maximum absolute atomic E-state index is 10.2. The van der Waals surface area contributed by atoms with Crippen LogP contribution in [0.1, 0.15) is 19.3 Å². The Labute approximate surface area is 171 Å². The lowest BCUT2D eigenvalue weighted by atomic mass is 10.1. The zero-order valence-corrected chi connectivity index (χ0v) is 17.0. The standard InChI is InChI=1S/C20H23BrN4O3/c21-14-11-17-20(22-12-14)24-19(23-17)13-1-3-16(4-2-13)28-18(27)7-10-25-8-5-15(26)6-9-25/h1-4,11-12,15,18,26-27H,5-10H2,(H,22,23,24). The quantitative estimate of drug-likeness (QED) is 0.503. The molecule has 2 aromatic heterocycles. The number of hydrogen-bond acceptors (Lipinski definition) is 6. The van der Waals surface area contributed by atoms with Crippen molar-refractivity contribution in [1.29, 1.82) is 0 Å². The molecule has 0 spiro atoms. The molecule has 0 radical (unpaired) electrons. The fourth-order valence-corrected chi connectivity index (χ4v) is 3.69. The monoisotopic (exact) mass is 446 g/mol. The lowest BCUT2D eigenvalue weighted by Gasteiger charge is -2.29. The molecular weight excluding hydrogens is 424 g/mol. The summed E-state index contributed by atoms with van der Waals surface area (Å²) in [6.07, 6.45) is 2.81. The first-order chi connectivity index (χ1) is 13.6. The SMILES string of the molecule is OC1CCN(CCC(O)Oc2ccc(-c3nc4ncc(Br)cc4[nH]3)cc2)CC1. The molecule has 3 heterocycles. The molecule has 28 heavy (non-hydrogen) atoms. The van der Waals surface area contributed by atoms with Gasteiger partial charge in [-0.05, 0) is 59.1 Å². The number of aliphatic hydroxyl groups excluding tert-OH is 2. The summed E-state index contributed by atoms with van der Waals surface area (Å²) in [7, 11) is 0. The average molecular weight is 447 g/mol. The molecule has 0 aliphatic carbocycles. The molecule has 1 saturated heterocycles. The van der Waals surface area contributed by atoms with Crippen molar-refractivity contribution < 1.29 is 14.9 Å². The van der Waals surface area contributed by atoms with Gasteiger partial charge in [-0.3, -0.25) is 0 Å². The predicted octanol–water partition coefficient (Wildman–Crippen LogP) is 2.93. The number of H-pyrrole nitrogens is 1. The van der Waals surface area contributed by atoms with E-state index < -0.39 is 6.29 Å². The third-order valence-corrected chi connectivity index (χ3v) is 5.39. The van der Waals surface area contributed by atoms with Crippen molar-refractivity contribution in [3.05, 3.63) is 41.0 Å². The van der Waals surface area contributed by atoms with E-state index in [4.69, 9.17) is 4.74 Å². The van der Waals surface area contributed by atoms with Crippen LogP contribution in [0, 0.1) is 0 Å². The number of fused-ring (bicyclic) bond motifs is 1. The van der Waals surface area contributed by atoms with Crippen LogP contribution in [0.2, 0.25) is 0 Å². The highest BCUT2D eigenvalue weighted by atomic mass is 79.9. The van der Waals surface area contributed by atoms with Crippen LogP contribution in [0.3, 0.4) is 0 Å². The van der Waals surface area contributed by atoms with E-state index in [2.05, 4.69) is 35.8 Å². The number of aromatic amines is 1. The van der Waals surface area contributed by atoms with Crippen LogP contribution >= 0.6 is 15.9 Å². The van der Waals surface area contributed by atoms with Crippen LogP contribution in [-0.4, -0.2) is 62.1 Å². The molecule has 8 heteroatoms. The number of nitrogens with one attached hydrogen (secondary N) is 1. The number of rotatable bonds is 6. The second-order valence-electron chi connectivity index (χ2n) is 7.07. The number of halogens is 1. The maximum Gasteiger partial charge on any atom is 0.198 e. The minimum absolute atomic E-state index is 0.181. The second-order valence-corrected chi connectivity index (χ2v) is 7.98. The number of ether oxygens (including phenoxy) is 1. The van der Waals surface area contributed by atoms with E-state index in [0.29, 0.717) is 17.8 Å². The molecule has 4 rings (SSSR count). The van der Waals surface area contributed by atoms with Gasteiger partial charge in [-0.25, -0.2) is 9.97 Å². The lowest BCUT2D eigenvalue weighted by Crippen LogP contribution is -2.37. The van der Waals surface area contributed by atoms with E-state index in [0.717, 1.165) is 53.9 Å². The summed E-state index contributed by atoms with van der Waals surface area (Å²) in [6, 6.07) is 9.40. The summed E-state index contributed by atoms with van der Waals surface area (Å²) in [4.78, 5) is 14.3. The predicted molar refractivity (Wildman–Crippen MR) is 110 cm³/mol. The van der Waals surface area contributed by atoms with Gasteiger partial charge >= 0.3 is 0 Å². The molecule has 1 fully saturated rings. The fourth-order valence-electron chi connectivity index (χ4n) is 3.35. The van der Waals surface area contributed by atoms with Crippen molar-refractivity contribution in [2.24, 2.45) is 0 Å². The Balaban J connectivity index is 1.33. The third kappa shape index (κ3) is 4.70. The summed E-state index contributed by atoms with van der Waals surface area (Å²) in [5, 5.41) is 19.7. The number of piperidine rings is 1. The van der Waals surface area contributed by atoms with Gasteiger partial charge in [-0.2, -0.15) is 0 Å². The zero-order valence-electron chi connectivity index (χ0n) is 15.4. The van der Waals surface area contributed by atoms with E-state index in [1.807, 2.05) is 30.3 Å². The molecule has 0 saturated carbocycles. The van der Waals surface area contributed by atoms with E-state index >= 15 is 0 Å². The van der Waals surface area contributed by atoms with Crippen molar-refractivity contribution in [3.8, 4) is 17.1 Å². The van der Waals surface area contributed by atoms with Crippen LogP contribution < -0.4 is 4.74 Å². The highest BCUT2D eigenvalue weighted by molar-refractivity contribution is 9.10. The van der Waals surface area contributed by atoms with Gasteiger partial charge in [0.05, 0.1) is 11.6 Å². The highest BCUT2D eigenvalue weighted by Gasteiger charge is 2.18. The molecule has 1 aromatic carbocycles. The number of aliphatic hydroxyl groups is 2. The van der Waals surface area contributed by atoms with E-state index in [1.165, 1.54) is 0 Å². The first-order valence-electron chi connectivity index (χ1n) is 9.44. The Morgan fingerprint density at radius 1 is 1.25 bits per heavy atom. The summed E-state index contributed by atoms with van der Waals surface area (Å²) < 4.78 is 6.52. The average Bonchev–Trinajstić information content (AvgIpc) is 3.11. The van der Waals surface area contributed by atoms with Gasteiger partial charge in [0.2, 0.25) is 0 Å². The lowest BCUT2D eigenvalue weighted by molar-refractivity contribution is -0.0320. The summed E-state index contributed by atoms with van der Waals surface area (Å²) in [6.45, 7) is 2.49. The third-order valence-electron chi connectivity index (χ3n) is 4.95. The van der Waals surface area contributed by atoms with Crippen molar-refractivity contribution >= 4 is 27.1 Å². The zero-order chi connectivity index (χ0) is 19.5. The molecule has 1 atom stereocenters. The number of aromatic nitrogens is 3. The van der Waals surface area contributed by atoms with Crippen molar-refractivity contribution in [1.82, 2.24) is 19.9 Å². The van der Waals surface area contributed by atoms with E-state index in [-0.39, 0.29) is 6.10 Å². The van der Waals surface area contributed by atoms with Crippen molar-refractivity contribution in [2.75, 3.05) is 19.6 Å². The molecular formula is C20H23BrN4O3. The Bertz CT molecular complexity index is 923. The molecule has 7 nitrogen and oxygen atoms in total. The van der Waals surface area contributed by atoms with Gasteiger partial charge < -0.3 is 24.8 Å². The van der Waals surface area contributed by atoms with Crippen LogP contribution in [-0.2, 0) is 0 Å². The number of pyridine rings is 1.